The summed E-state index contributed by atoms with van der Waals surface area (Å²) >= 11 is 0. The van der Waals surface area contributed by atoms with Crippen LogP contribution in [0, 0.1) is 0 Å². The number of phenolic OH excluding ortho intramolecular Hbond substituents is 2. The van der Waals surface area contributed by atoms with E-state index in [0.29, 0.717) is 24.7 Å². The van der Waals surface area contributed by atoms with E-state index < -0.39 is 5.41 Å². The molecule has 0 unspecified atom stereocenters. The first-order valence-electron chi connectivity index (χ1n) is 15.4. The average molecular weight is 621 g/mol. The largest absolute Gasteiger partial charge is 0.508 e. The highest BCUT2D eigenvalue weighted by atomic mass is 16.5. The fraction of sp³-hybridized carbons (Fsp3) is 0.368. The minimum Gasteiger partial charge on any atom is -0.508 e. The van der Waals surface area contributed by atoms with Crippen molar-refractivity contribution in [1.82, 2.24) is 0 Å². The first kappa shape index (κ1) is 39.1. The number of phenols is 2. The lowest BCUT2D eigenvalue weighted by Gasteiger charge is -2.38. The van der Waals surface area contributed by atoms with Crippen LogP contribution in [0.15, 0.2) is 91.0 Å². The molecule has 0 aromatic heterocycles. The van der Waals surface area contributed by atoms with Crippen molar-refractivity contribution >= 4 is 0 Å². The summed E-state index contributed by atoms with van der Waals surface area (Å²) < 4.78 is 15.1. The smallest absolute Gasteiger partial charge is 0.135 e. The van der Waals surface area contributed by atoms with Gasteiger partial charge in [0.05, 0.1) is 0 Å². The number of methoxy groups -OCH3 is 2. The van der Waals surface area contributed by atoms with E-state index in [4.69, 9.17) is 14.9 Å². The third-order valence-corrected chi connectivity index (χ3v) is 6.82. The van der Waals surface area contributed by atoms with E-state index in [0.717, 1.165) is 48.3 Å². The van der Waals surface area contributed by atoms with Crippen molar-refractivity contribution in [1.29, 1.82) is 0 Å². The van der Waals surface area contributed by atoms with Gasteiger partial charge in [-0.3, -0.25) is 0 Å². The highest BCUT2D eigenvalue weighted by molar-refractivity contribution is 5.68. The fourth-order valence-corrected chi connectivity index (χ4v) is 4.22. The van der Waals surface area contributed by atoms with E-state index in [-0.39, 0.29) is 11.5 Å². The molecule has 0 amide bonds. The zero-order chi connectivity index (χ0) is 33.7. The van der Waals surface area contributed by atoms with Crippen LogP contribution in [0.3, 0.4) is 0 Å². The van der Waals surface area contributed by atoms with Crippen LogP contribution in [0.1, 0.15) is 64.2 Å². The van der Waals surface area contributed by atoms with Gasteiger partial charge in [0.15, 0.2) is 0 Å². The maximum absolute atomic E-state index is 9.96. The van der Waals surface area contributed by atoms with Crippen LogP contribution in [-0.4, -0.2) is 61.1 Å². The zero-order valence-electron chi connectivity index (χ0n) is 27.9. The van der Waals surface area contributed by atoms with Crippen molar-refractivity contribution < 1.29 is 34.6 Å². The summed E-state index contributed by atoms with van der Waals surface area (Å²) in [5.74, 6) is 1.48. The fourth-order valence-electron chi connectivity index (χ4n) is 4.22. The SMILES string of the molecule is CC1(c2ccc(-c3ccccc3)cc2)c2ccc(O)cc2Oc2cc(O)ccc21.CCCO.CCCO.CCOC.CCOC. The second kappa shape index (κ2) is 21.8. The second-order valence-electron chi connectivity index (χ2n) is 10.1. The number of hydrogen-bond acceptors (Lipinski definition) is 7. The van der Waals surface area contributed by atoms with Crippen LogP contribution >= 0.6 is 0 Å². The van der Waals surface area contributed by atoms with E-state index in [1.165, 1.54) is 5.56 Å². The minimum atomic E-state index is -0.487. The Balaban J connectivity index is 0.000000530. The Bertz CT molecular complexity index is 1260. The summed E-state index contributed by atoms with van der Waals surface area (Å²) in [4.78, 5) is 0. The maximum atomic E-state index is 9.96. The monoisotopic (exact) mass is 620 g/mol. The quantitative estimate of drug-likeness (QED) is 0.172. The van der Waals surface area contributed by atoms with E-state index in [2.05, 4.69) is 52.8 Å². The predicted molar refractivity (Wildman–Crippen MR) is 184 cm³/mol. The molecular formula is C38H52O7. The Morgan fingerprint density at radius 1 is 0.600 bits per heavy atom. The molecule has 7 nitrogen and oxygen atoms in total. The van der Waals surface area contributed by atoms with Crippen LogP contribution < -0.4 is 4.74 Å². The lowest BCUT2D eigenvalue weighted by atomic mass is 9.69. The number of rotatable bonds is 6. The molecule has 4 aromatic rings. The van der Waals surface area contributed by atoms with Gasteiger partial charge < -0.3 is 34.6 Å². The zero-order valence-corrected chi connectivity index (χ0v) is 27.9. The Morgan fingerprint density at radius 2 is 0.978 bits per heavy atom. The lowest BCUT2D eigenvalue weighted by Crippen LogP contribution is -2.29. The van der Waals surface area contributed by atoms with Crippen molar-refractivity contribution in [3.63, 3.8) is 0 Å². The van der Waals surface area contributed by atoms with E-state index in [1.807, 2.05) is 58.0 Å². The second-order valence-corrected chi connectivity index (χ2v) is 10.1. The molecule has 45 heavy (non-hydrogen) atoms. The topological polar surface area (TPSA) is 109 Å². The molecule has 5 rings (SSSR count). The van der Waals surface area contributed by atoms with E-state index in [9.17, 15) is 10.2 Å². The van der Waals surface area contributed by atoms with Gasteiger partial charge in [0.2, 0.25) is 0 Å². The summed E-state index contributed by atoms with van der Waals surface area (Å²) in [6.45, 7) is 12.2. The molecule has 4 aromatic carbocycles. The Labute approximate surface area is 269 Å². The van der Waals surface area contributed by atoms with Gasteiger partial charge in [0, 0.05) is 69.3 Å². The Hall–Kier alpha value is -3.88. The molecule has 0 saturated carbocycles. The maximum Gasteiger partial charge on any atom is 0.135 e. The van der Waals surface area contributed by atoms with Crippen LogP contribution in [0.25, 0.3) is 11.1 Å². The Kier molecular flexibility index (Phi) is 18.9. The molecule has 0 spiro atoms. The number of aliphatic hydroxyl groups is 2. The predicted octanol–water partition coefficient (Wildman–Crippen LogP) is 8.31. The van der Waals surface area contributed by atoms with Gasteiger partial charge in [-0.2, -0.15) is 0 Å². The normalized spacial score (nSPS) is 11.6. The molecule has 0 atom stereocenters. The molecule has 0 aliphatic carbocycles. The summed E-state index contributed by atoms with van der Waals surface area (Å²) in [7, 11) is 3.36. The van der Waals surface area contributed by atoms with Crippen LogP contribution in [0.4, 0.5) is 0 Å². The van der Waals surface area contributed by atoms with Crippen molar-refractivity contribution in [2.24, 2.45) is 0 Å². The third-order valence-electron chi connectivity index (χ3n) is 6.82. The molecule has 1 aliphatic rings. The molecule has 0 saturated heterocycles. The van der Waals surface area contributed by atoms with Gasteiger partial charge in [-0.1, -0.05) is 80.6 Å². The van der Waals surface area contributed by atoms with Gasteiger partial charge in [-0.25, -0.2) is 0 Å². The van der Waals surface area contributed by atoms with Crippen molar-refractivity contribution in [2.75, 3.05) is 40.6 Å². The minimum absolute atomic E-state index is 0.147. The first-order chi connectivity index (χ1) is 21.7. The van der Waals surface area contributed by atoms with Crippen molar-refractivity contribution in [3.8, 4) is 34.1 Å². The molecule has 7 heteroatoms. The van der Waals surface area contributed by atoms with Gasteiger partial charge >= 0.3 is 0 Å². The van der Waals surface area contributed by atoms with Gasteiger partial charge in [-0.15, -0.1) is 0 Å². The highest BCUT2D eigenvalue weighted by Crippen LogP contribution is 2.52. The van der Waals surface area contributed by atoms with Crippen molar-refractivity contribution in [2.45, 2.75) is 52.9 Å². The standard InChI is InChI=1S/C26H20O3.4C3H8O/c1-26(19-9-7-18(8-10-19)17-5-3-2-4-6-17)22-13-11-20(27)15-24(22)29-25-16-21(28)12-14-23(25)26;2*1-3-4-2;2*1-2-3-4/h2-16,27-28H,1H3;2*3H2,1-2H3;2*4H,2-3H2,1H3. The number of fused-ring (bicyclic) bond motifs is 2. The highest BCUT2D eigenvalue weighted by Gasteiger charge is 2.40. The third kappa shape index (κ3) is 11.9. The molecule has 1 aliphatic heterocycles. The number of ether oxygens (including phenoxy) is 3. The molecule has 4 N–H and O–H groups in total. The number of benzene rings is 4. The molecule has 246 valence electrons. The summed E-state index contributed by atoms with van der Waals surface area (Å²) in [5.41, 5.74) is 4.90. The van der Waals surface area contributed by atoms with Crippen LogP contribution in [0.5, 0.6) is 23.0 Å². The molecule has 0 bridgehead atoms. The summed E-state index contributed by atoms with van der Waals surface area (Å²) in [6.07, 6.45) is 1.75. The summed E-state index contributed by atoms with van der Waals surface area (Å²) in [6, 6.07) is 29.3. The number of hydrogen-bond donors (Lipinski definition) is 4. The van der Waals surface area contributed by atoms with Gasteiger partial charge in [0.25, 0.3) is 0 Å². The van der Waals surface area contributed by atoms with E-state index >= 15 is 0 Å². The summed E-state index contributed by atoms with van der Waals surface area (Å²) in [5, 5.41) is 35.7. The molecule has 0 fully saturated rings. The average Bonchev–Trinajstić information content (AvgIpc) is 3.08. The molecule has 1 heterocycles. The molecule has 0 radical (unpaired) electrons. The molecular weight excluding hydrogens is 568 g/mol. The number of aliphatic hydroxyl groups excluding tert-OH is 2. The number of aromatic hydroxyl groups is 2. The van der Waals surface area contributed by atoms with Crippen LogP contribution in [-0.2, 0) is 14.9 Å². The van der Waals surface area contributed by atoms with Gasteiger partial charge in [-0.05, 0) is 62.4 Å². The van der Waals surface area contributed by atoms with Gasteiger partial charge in [0.1, 0.15) is 23.0 Å². The lowest BCUT2D eigenvalue weighted by molar-refractivity contribution is 0.215. The Morgan fingerprint density at radius 3 is 1.33 bits per heavy atom. The van der Waals surface area contributed by atoms with E-state index in [1.54, 1.807) is 38.5 Å². The first-order valence-corrected chi connectivity index (χ1v) is 15.4. The van der Waals surface area contributed by atoms with Crippen molar-refractivity contribution in [3.05, 3.63) is 108 Å². The van der Waals surface area contributed by atoms with Crippen LogP contribution in [0.2, 0.25) is 0 Å².